The Balaban J connectivity index is 1.65. The normalized spacial score (nSPS) is 17.4. The average Bonchev–Trinajstić information content (AvgIpc) is 2.98. The molecule has 0 saturated heterocycles. The first-order chi connectivity index (χ1) is 12.1. The van der Waals surface area contributed by atoms with Gasteiger partial charge < -0.3 is 14.8 Å². The fourth-order valence-electron chi connectivity index (χ4n) is 2.56. The summed E-state index contributed by atoms with van der Waals surface area (Å²) in [6.45, 7) is 0.962. The lowest BCUT2D eigenvalue weighted by Crippen LogP contribution is -2.24. The van der Waals surface area contributed by atoms with Gasteiger partial charge in [0.1, 0.15) is 24.7 Å². The zero-order chi connectivity index (χ0) is 17.4. The molecule has 2 aromatic rings. The minimum atomic E-state index is -1.00. The van der Waals surface area contributed by atoms with Crippen molar-refractivity contribution in [2.24, 2.45) is 4.99 Å². The number of amidine groups is 1. The maximum Gasteiger partial charge on any atom is 0.275 e. The van der Waals surface area contributed by atoms with Gasteiger partial charge in [0.25, 0.3) is 5.91 Å². The predicted molar refractivity (Wildman–Crippen MR) is 86.4 cm³/mol. The Bertz CT molecular complexity index is 938. The number of fused-ring (bicyclic) bond motifs is 1. The summed E-state index contributed by atoms with van der Waals surface area (Å²) in [6, 6.07) is 8.61. The number of carbonyl (C=O) groups excluding carboxylic acids is 1. The number of rotatable bonds is 2. The number of nitrogens with zero attached hydrogens (tertiary/aromatic N) is 1. The van der Waals surface area contributed by atoms with E-state index in [9.17, 15) is 13.6 Å². The molecular formula is C18H12F2N2O3. The average molecular weight is 342 g/mol. The van der Waals surface area contributed by atoms with Crippen molar-refractivity contribution in [3.63, 3.8) is 0 Å². The van der Waals surface area contributed by atoms with Crippen LogP contribution < -0.4 is 14.8 Å². The highest BCUT2D eigenvalue weighted by atomic mass is 19.2. The summed E-state index contributed by atoms with van der Waals surface area (Å²) < 4.78 is 37.3. The smallest absolute Gasteiger partial charge is 0.275 e. The minimum absolute atomic E-state index is 0.163. The van der Waals surface area contributed by atoms with Gasteiger partial charge in [0.15, 0.2) is 23.1 Å². The van der Waals surface area contributed by atoms with Crippen molar-refractivity contribution >= 4 is 17.8 Å². The monoisotopic (exact) mass is 342 g/mol. The summed E-state index contributed by atoms with van der Waals surface area (Å²) >= 11 is 0. The Morgan fingerprint density at radius 1 is 1.00 bits per heavy atom. The summed E-state index contributed by atoms with van der Waals surface area (Å²) in [5.74, 6) is -0.958. The summed E-state index contributed by atoms with van der Waals surface area (Å²) in [7, 11) is 0. The van der Waals surface area contributed by atoms with Gasteiger partial charge in [0, 0.05) is 5.56 Å². The van der Waals surface area contributed by atoms with Gasteiger partial charge in [-0.1, -0.05) is 6.07 Å². The van der Waals surface area contributed by atoms with Crippen molar-refractivity contribution in [2.75, 3.05) is 13.2 Å². The largest absolute Gasteiger partial charge is 0.486 e. The standard InChI is InChI=1S/C18H12F2N2O3/c19-12-3-2-11(9-13(12)20)17-21-14(18(23)22-17)7-10-1-4-15-16(8-10)25-6-5-24-15/h1-4,7-9H,5-6H2,(H,21,22,23)/b14-7+. The van der Waals surface area contributed by atoms with E-state index < -0.39 is 17.5 Å². The molecule has 1 N–H and O–H groups in total. The van der Waals surface area contributed by atoms with E-state index in [0.29, 0.717) is 30.3 Å². The molecule has 7 heteroatoms. The molecule has 0 bridgehead atoms. The number of amides is 1. The van der Waals surface area contributed by atoms with Gasteiger partial charge in [0.2, 0.25) is 0 Å². The fourth-order valence-corrected chi connectivity index (χ4v) is 2.56. The van der Waals surface area contributed by atoms with Gasteiger partial charge in [-0.05, 0) is 42.0 Å². The highest BCUT2D eigenvalue weighted by Crippen LogP contribution is 2.31. The summed E-state index contributed by atoms with van der Waals surface area (Å²) in [4.78, 5) is 16.3. The predicted octanol–water partition coefficient (Wildman–Crippen LogP) is 2.65. The van der Waals surface area contributed by atoms with Crippen LogP contribution in [0.5, 0.6) is 11.5 Å². The molecule has 2 heterocycles. The molecule has 0 unspecified atom stereocenters. The van der Waals surface area contributed by atoms with Crippen molar-refractivity contribution in [3.8, 4) is 11.5 Å². The fraction of sp³-hybridized carbons (Fsp3) is 0.111. The summed E-state index contributed by atoms with van der Waals surface area (Å²) in [6.07, 6.45) is 1.58. The Labute approximate surface area is 141 Å². The topological polar surface area (TPSA) is 59.9 Å². The van der Waals surface area contributed by atoms with Crippen LogP contribution in [0.1, 0.15) is 11.1 Å². The van der Waals surface area contributed by atoms with Gasteiger partial charge in [-0.3, -0.25) is 4.79 Å². The van der Waals surface area contributed by atoms with E-state index in [0.717, 1.165) is 12.1 Å². The highest BCUT2D eigenvalue weighted by molar-refractivity contribution is 6.19. The van der Waals surface area contributed by atoms with Crippen molar-refractivity contribution in [1.82, 2.24) is 5.32 Å². The molecule has 4 rings (SSSR count). The number of ether oxygens (including phenoxy) is 2. The highest BCUT2D eigenvalue weighted by Gasteiger charge is 2.22. The van der Waals surface area contributed by atoms with E-state index in [1.54, 1.807) is 24.3 Å². The maximum atomic E-state index is 13.4. The van der Waals surface area contributed by atoms with Crippen molar-refractivity contribution in [3.05, 3.63) is 64.9 Å². The van der Waals surface area contributed by atoms with E-state index in [-0.39, 0.29) is 17.1 Å². The van der Waals surface area contributed by atoms with E-state index >= 15 is 0 Å². The van der Waals surface area contributed by atoms with E-state index in [2.05, 4.69) is 10.3 Å². The molecule has 25 heavy (non-hydrogen) atoms. The quantitative estimate of drug-likeness (QED) is 0.854. The van der Waals surface area contributed by atoms with Crippen molar-refractivity contribution < 1.29 is 23.0 Å². The second-order valence-electron chi connectivity index (χ2n) is 5.48. The third-order valence-corrected chi connectivity index (χ3v) is 3.76. The lowest BCUT2D eigenvalue weighted by molar-refractivity contribution is -0.115. The molecule has 0 fully saturated rings. The molecular weight excluding hydrogens is 330 g/mol. The molecule has 0 aromatic heterocycles. The van der Waals surface area contributed by atoms with Gasteiger partial charge in [-0.2, -0.15) is 0 Å². The molecule has 126 valence electrons. The number of hydrogen-bond donors (Lipinski definition) is 1. The molecule has 2 aromatic carbocycles. The minimum Gasteiger partial charge on any atom is -0.486 e. The molecule has 2 aliphatic heterocycles. The van der Waals surface area contributed by atoms with Crippen LogP contribution in [0.4, 0.5) is 8.78 Å². The first-order valence-electron chi connectivity index (χ1n) is 7.57. The Morgan fingerprint density at radius 3 is 2.60 bits per heavy atom. The van der Waals surface area contributed by atoms with Crippen LogP contribution in [0.25, 0.3) is 6.08 Å². The number of nitrogens with one attached hydrogen (secondary N) is 1. The Hall–Kier alpha value is -3.22. The second kappa shape index (κ2) is 6.01. The third kappa shape index (κ3) is 2.96. The second-order valence-corrected chi connectivity index (χ2v) is 5.48. The molecule has 2 aliphatic rings. The molecule has 0 atom stereocenters. The van der Waals surface area contributed by atoms with Crippen LogP contribution in [-0.2, 0) is 4.79 Å². The van der Waals surface area contributed by atoms with Crippen LogP contribution in [0.2, 0.25) is 0 Å². The molecule has 0 aliphatic carbocycles. The molecule has 5 nitrogen and oxygen atoms in total. The third-order valence-electron chi connectivity index (χ3n) is 3.76. The summed E-state index contributed by atoms with van der Waals surface area (Å²) in [5, 5.41) is 2.55. The lowest BCUT2D eigenvalue weighted by Gasteiger charge is -2.18. The molecule has 1 amide bonds. The van der Waals surface area contributed by atoms with Gasteiger partial charge >= 0.3 is 0 Å². The zero-order valence-corrected chi connectivity index (χ0v) is 12.9. The van der Waals surface area contributed by atoms with E-state index in [1.807, 2.05) is 0 Å². The molecule has 0 radical (unpaired) electrons. The Kier molecular flexibility index (Phi) is 3.68. The van der Waals surface area contributed by atoms with Gasteiger partial charge in [-0.15, -0.1) is 0 Å². The number of halogens is 2. The maximum absolute atomic E-state index is 13.4. The number of hydrogen-bond acceptors (Lipinski definition) is 4. The van der Waals surface area contributed by atoms with Crippen molar-refractivity contribution in [2.45, 2.75) is 0 Å². The number of aliphatic imine (C=N–C) groups is 1. The first kappa shape index (κ1) is 15.3. The van der Waals surface area contributed by atoms with Crippen LogP contribution in [-0.4, -0.2) is 25.0 Å². The van der Waals surface area contributed by atoms with Crippen LogP contribution in [0.15, 0.2) is 47.1 Å². The first-order valence-corrected chi connectivity index (χ1v) is 7.57. The van der Waals surface area contributed by atoms with Gasteiger partial charge in [-0.25, -0.2) is 13.8 Å². The van der Waals surface area contributed by atoms with Crippen molar-refractivity contribution in [1.29, 1.82) is 0 Å². The summed E-state index contributed by atoms with van der Waals surface area (Å²) in [5.41, 5.74) is 1.17. The van der Waals surface area contributed by atoms with E-state index in [1.165, 1.54) is 6.07 Å². The molecule has 0 spiro atoms. The zero-order valence-electron chi connectivity index (χ0n) is 12.9. The van der Waals surface area contributed by atoms with Gasteiger partial charge in [0.05, 0.1) is 0 Å². The van der Waals surface area contributed by atoms with Crippen LogP contribution >= 0.6 is 0 Å². The number of carbonyl (C=O) groups is 1. The number of benzene rings is 2. The Morgan fingerprint density at radius 2 is 1.80 bits per heavy atom. The SMILES string of the molecule is O=C1NC(c2ccc(F)c(F)c2)=N/C1=C/c1ccc2c(c1)OCCO2. The van der Waals surface area contributed by atoms with E-state index in [4.69, 9.17) is 9.47 Å². The van der Waals surface area contributed by atoms with Crippen LogP contribution in [0, 0.1) is 11.6 Å². The lowest BCUT2D eigenvalue weighted by atomic mass is 10.1. The van der Waals surface area contributed by atoms with Crippen LogP contribution in [0.3, 0.4) is 0 Å². The molecule has 0 saturated carbocycles.